The number of hydrogen-bond acceptors (Lipinski definition) is 2. The summed E-state index contributed by atoms with van der Waals surface area (Å²) >= 11 is 5.11. The molecular weight excluding hydrogens is 387 g/mol. The van der Waals surface area contributed by atoms with Gasteiger partial charge in [-0.15, -0.1) is 0 Å². The van der Waals surface area contributed by atoms with Gasteiger partial charge < -0.3 is 24.0 Å². The van der Waals surface area contributed by atoms with Crippen molar-refractivity contribution >= 4 is 42.6 Å². The minimum absolute atomic E-state index is 0. The van der Waals surface area contributed by atoms with Gasteiger partial charge in [-0.1, -0.05) is 22.9 Å². The first-order chi connectivity index (χ1) is 6.72. The molecule has 0 unspecified atom stereocenters. The molecule has 1 heterocycles. The second kappa shape index (κ2) is 5.45. The summed E-state index contributed by atoms with van der Waals surface area (Å²) in [5.41, 5.74) is 7.19. The molecule has 2 N–H and O–H groups in total. The van der Waals surface area contributed by atoms with Crippen LogP contribution in [0.15, 0.2) is 22.7 Å². The molecule has 0 amide bonds. The van der Waals surface area contributed by atoms with Gasteiger partial charge in [-0.05, 0) is 36.0 Å². The zero-order chi connectivity index (χ0) is 10.1. The number of anilines is 1. The van der Waals surface area contributed by atoms with Crippen LogP contribution in [0.25, 0.3) is 10.2 Å². The molecule has 0 aliphatic rings. The van der Waals surface area contributed by atoms with Gasteiger partial charge in [0.05, 0.1) is 11.2 Å². The van der Waals surface area contributed by atoms with E-state index in [1.54, 1.807) is 11.3 Å². The van der Waals surface area contributed by atoms with Gasteiger partial charge in [0, 0.05) is 4.47 Å². The standard InChI is InChI=1S/C10H11BrN2S.HI/c1-2-5-13-8-4-3-7(11)6-9(8)14-10(13)12;/h3-4,6,12H,2,5H2,1H3;1H. The van der Waals surface area contributed by atoms with Crippen LogP contribution >= 0.6 is 27.3 Å². The molecule has 0 atom stereocenters. The van der Waals surface area contributed by atoms with Crippen LogP contribution in [0.5, 0.6) is 0 Å². The summed E-state index contributed by atoms with van der Waals surface area (Å²) in [6, 6.07) is 6.28. The number of hydrogen-bond donors (Lipinski definition) is 1. The van der Waals surface area contributed by atoms with Crippen molar-refractivity contribution in [1.82, 2.24) is 0 Å². The number of nitrogens with zero attached hydrogens (tertiary/aromatic N) is 1. The molecule has 0 fully saturated rings. The normalized spacial score (nSPS) is 10.3. The molecule has 1 aromatic carbocycles. The SMILES string of the molecule is CCC[n+]1c(N)sc2cc(Br)ccc21.[I-]. The molecule has 0 radical (unpaired) electrons. The Morgan fingerprint density at radius 3 is 2.87 bits per heavy atom. The maximum atomic E-state index is 5.96. The van der Waals surface area contributed by atoms with Gasteiger partial charge in [-0.3, -0.25) is 5.73 Å². The third-order valence-corrected chi connectivity index (χ3v) is 3.61. The maximum absolute atomic E-state index is 5.96. The largest absolute Gasteiger partial charge is 1.00 e. The summed E-state index contributed by atoms with van der Waals surface area (Å²) in [5, 5.41) is 0.889. The zero-order valence-corrected chi connectivity index (χ0v) is 12.9. The van der Waals surface area contributed by atoms with Crippen molar-refractivity contribution in [2.75, 3.05) is 5.73 Å². The van der Waals surface area contributed by atoms with Gasteiger partial charge in [-0.25, -0.2) is 4.57 Å². The van der Waals surface area contributed by atoms with Crippen molar-refractivity contribution in [3.05, 3.63) is 22.7 Å². The number of thiazole rings is 1. The Bertz CT molecular complexity index is 470. The van der Waals surface area contributed by atoms with E-state index in [4.69, 9.17) is 5.73 Å². The smallest absolute Gasteiger partial charge is 0.332 e. The van der Waals surface area contributed by atoms with Gasteiger partial charge >= 0.3 is 5.13 Å². The number of aryl methyl sites for hydroxylation is 1. The fourth-order valence-corrected chi connectivity index (χ4v) is 3.04. The summed E-state index contributed by atoms with van der Waals surface area (Å²) < 4.78 is 4.52. The first-order valence-electron chi connectivity index (χ1n) is 4.59. The van der Waals surface area contributed by atoms with E-state index in [1.807, 2.05) is 0 Å². The second-order valence-corrected chi connectivity index (χ2v) is 5.18. The Morgan fingerprint density at radius 1 is 1.47 bits per heavy atom. The van der Waals surface area contributed by atoms with Crippen LogP contribution in [-0.2, 0) is 6.54 Å². The van der Waals surface area contributed by atoms with Crippen LogP contribution in [0.1, 0.15) is 13.3 Å². The van der Waals surface area contributed by atoms with E-state index in [1.165, 1.54) is 10.2 Å². The Morgan fingerprint density at radius 2 is 2.20 bits per heavy atom. The van der Waals surface area contributed by atoms with Gasteiger partial charge in [0.2, 0.25) is 0 Å². The van der Waals surface area contributed by atoms with E-state index in [0.717, 1.165) is 22.6 Å². The van der Waals surface area contributed by atoms with Gasteiger partial charge in [0.1, 0.15) is 5.52 Å². The molecule has 1 aromatic heterocycles. The highest BCUT2D eigenvalue weighted by Crippen LogP contribution is 2.25. The highest BCUT2D eigenvalue weighted by molar-refractivity contribution is 9.10. The molecule has 2 aromatic rings. The molecule has 2 nitrogen and oxygen atoms in total. The van der Waals surface area contributed by atoms with Crippen LogP contribution in [-0.4, -0.2) is 0 Å². The average molecular weight is 399 g/mol. The Balaban J connectivity index is 0.00000112. The zero-order valence-electron chi connectivity index (χ0n) is 8.34. The van der Waals surface area contributed by atoms with Gasteiger partial charge in [0.15, 0.2) is 0 Å². The van der Waals surface area contributed by atoms with Crippen LogP contribution < -0.4 is 34.3 Å². The van der Waals surface area contributed by atoms with Crippen molar-refractivity contribution in [2.45, 2.75) is 19.9 Å². The lowest BCUT2D eigenvalue weighted by atomic mass is 10.3. The van der Waals surface area contributed by atoms with Crippen LogP contribution in [0.2, 0.25) is 0 Å². The van der Waals surface area contributed by atoms with Crippen LogP contribution in [0, 0.1) is 0 Å². The fourth-order valence-electron chi connectivity index (χ4n) is 1.53. The van der Waals surface area contributed by atoms with E-state index in [9.17, 15) is 0 Å². The lowest BCUT2D eigenvalue weighted by molar-refractivity contribution is -0.653. The summed E-state index contributed by atoms with van der Waals surface area (Å²) in [5.74, 6) is 0. The number of fused-ring (bicyclic) bond motifs is 1. The van der Waals surface area contributed by atoms with Crippen molar-refractivity contribution in [2.24, 2.45) is 0 Å². The molecule has 15 heavy (non-hydrogen) atoms. The molecule has 5 heteroatoms. The monoisotopic (exact) mass is 398 g/mol. The topological polar surface area (TPSA) is 29.9 Å². The number of rotatable bonds is 2. The number of benzene rings is 1. The minimum atomic E-state index is 0. The third-order valence-electron chi connectivity index (χ3n) is 2.14. The van der Waals surface area contributed by atoms with Crippen molar-refractivity contribution < 1.29 is 28.5 Å². The molecule has 0 bridgehead atoms. The molecule has 0 aliphatic carbocycles. The number of nitrogen functional groups attached to an aromatic ring is 1. The molecule has 82 valence electrons. The van der Waals surface area contributed by atoms with Gasteiger partial charge in [-0.2, -0.15) is 0 Å². The van der Waals surface area contributed by atoms with Crippen molar-refractivity contribution in [3.63, 3.8) is 0 Å². The molecule has 2 rings (SSSR count). The summed E-state index contributed by atoms with van der Waals surface area (Å²) in [7, 11) is 0. The quantitative estimate of drug-likeness (QED) is 0.557. The van der Waals surface area contributed by atoms with E-state index in [-0.39, 0.29) is 24.0 Å². The van der Waals surface area contributed by atoms with E-state index in [0.29, 0.717) is 0 Å². The number of halogens is 2. The van der Waals surface area contributed by atoms with E-state index >= 15 is 0 Å². The first-order valence-corrected chi connectivity index (χ1v) is 6.20. The Hall–Kier alpha value is 0.120. The Labute approximate surface area is 119 Å². The summed E-state index contributed by atoms with van der Waals surface area (Å²) in [4.78, 5) is 0. The maximum Gasteiger partial charge on any atom is 0.332 e. The molecule has 0 spiro atoms. The first kappa shape index (κ1) is 13.2. The molecule has 0 saturated carbocycles. The second-order valence-electron chi connectivity index (χ2n) is 3.20. The van der Waals surface area contributed by atoms with E-state index < -0.39 is 0 Å². The van der Waals surface area contributed by atoms with Crippen LogP contribution in [0.4, 0.5) is 5.13 Å². The van der Waals surface area contributed by atoms with Crippen molar-refractivity contribution in [3.8, 4) is 0 Å². The van der Waals surface area contributed by atoms with Crippen molar-refractivity contribution in [1.29, 1.82) is 0 Å². The number of aromatic nitrogens is 1. The Kier molecular flexibility index (Phi) is 4.79. The molecular formula is C10H12BrIN2S. The summed E-state index contributed by atoms with van der Waals surface area (Å²) in [6.45, 7) is 3.16. The van der Waals surface area contributed by atoms with Crippen LogP contribution in [0.3, 0.4) is 0 Å². The lowest BCUT2D eigenvalue weighted by Gasteiger charge is -1.96. The average Bonchev–Trinajstić information content (AvgIpc) is 2.43. The van der Waals surface area contributed by atoms with E-state index in [2.05, 4.69) is 45.6 Å². The minimum Gasteiger partial charge on any atom is -1.00 e. The third kappa shape index (κ3) is 2.62. The summed E-state index contributed by atoms with van der Waals surface area (Å²) in [6.07, 6.45) is 1.11. The predicted octanol–water partition coefficient (Wildman–Crippen LogP) is -0.0525. The van der Waals surface area contributed by atoms with Gasteiger partial charge in [0.25, 0.3) is 0 Å². The molecule has 0 aliphatic heterocycles. The highest BCUT2D eigenvalue weighted by atomic mass is 127. The highest BCUT2D eigenvalue weighted by Gasteiger charge is 2.13. The fraction of sp³-hybridized carbons (Fsp3) is 0.300. The molecule has 0 saturated heterocycles. The lowest BCUT2D eigenvalue weighted by Crippen LogP contribution is -3.00. The number of nitrogens with two attached hydrogens (primary N) is 1. The predicted molar refractivity (Wildman–Crippen MR) is 64.4 cm³/mol.